The third kappa shape index (κ3) is 6.02. The second-order valence-corrected chi connectivity index (χ2v) is 4.23. The summed E-state index contributed by atoms with van der Waals surface area (Å²) in [6.45, 7) is 7.95. The molecular weight excluding hydrogens is 378 g/mol. The van der Waals surface area contributed by atoms with E-state index in [0.717, 1.165) is 5.56 Å². The normalized spacial score (nSPS) is 10.4. The molecule has 0 aromatic heterocycles. The van der Waals surface area contributed by atoms with Gasteiger partial charge in [-0.05, 0) is 32.1 Å². The van der Waals surface area contributed by atoms with E-state index in [0.29, 0.717) is 12.4 Å². The fraction of sp³-hybridized carbons (Fsp3) is 0.417. The van der Waals surface area contributed by atoms with Crippen LogP contribution in [0.5, 0.6) is 5.75 Å². The van der Waals surface area contributed by atoms with Crippen molar-refractivity contribution in [3.8, 4) is 5.75 Å². The van der Waals surface area contributed by atoms with Crippen LogP contribution in [0.25, 0.3) is 0 Å². The van der Waals surface area contributed by atoms with Crippen molar-refractivity contribution in [2.75, 3.05) is 0 Å². The van der Waals surface area contributed by atoms with Crippen LogP contribution in [0.3, 0.4) is 0 Å². The molecule has 0 N–H and O–H groups in total. The van der Waals surface area contributed by atoms with Crippen LogP contribution in [-0.4, -0.2) is 12.1 Å². The van der Waals surface area contributed by atoms with Gasteiger partial charge in [0.25, 0.3) is 0 Å². The van der Waals surface area contributed by atoms with Gasteiger partial charge in [-0.3, -0.25) is 0 Å². The minimum atomic E-state index is -0.147. The first kappa shape index (κ1) is 15.3. The van der Waals surface area contributed by atoms with E-state index in [9.17, 15) is 4.79 Å². The zero-order chi connectivity index (χ0) is 11.3. The van der Waals surface area contributed by atoms with Crippen molar-refractivity contribution in [3.63, 3.8) is 0 Å². The molecule has 1 rings (SSSR count). The monoisotopic (exact) mass is 394 g/mol. The number of rotatable bonds is 4. The van der Waals surface area contributed by atoms with E-state index in [1.165, 1.54) is 6.47 Å². The summed E-state index contributed by atoms with van der Waals surface area (Å²) in [5.74, 6) is 0.490. The van der Waals surface area contributed by atoms with Gasteiger partial charge in [0.05, 0.1) is 12.2 Å². The predicted molar refractivity (Wildman–Crippen MR) is 57.3 cm³/mol. The summed E-state index contributed by atoms with van der Waals surface area (Å²) >= 11 is 0. The van der Waals surface area contributed by atoms with Crippen molar-refractivity contribution in [2.24, 2.45) is 0 Å². The van der Waals surface area contributed by atoms with Crippen LogP contribution in [0.2, 0.25) is 0 Å². The number of hydrogen-bond acceptors (Lipinski definition) is 3. The molecule has 0 aliphatic carbocycles. The Balaban J connectivity index is 0.00000225. The van der Waals surface area contributed by atoms with Crippen LogP contribution in [0.15, 0.2) is 24.3 Å². The van der Waals surface area contributed by atoms with Crippen molar-refractivity contribution in [1.29, 1.82) is 0 Å². The molecule has 0 fully saturated rings. The summed E-state index contributed by atoms with van der Waals surface area (Å²) in [4.78, 5) is 9.94. The fourth-order valence-electron chi connectivity index (χ4n) is 1.00. The number of carbonyl (C=O) groups excluding carboxylic acids is 1. The topological polar surface area (TPSA) is 35.5 Å². The Morgan fingerprint density at radius 3 is 2.19 bits per heavy atom. The molecule has 1 radical (unpaired) electrons. The maximum Gasteiger partial charge on any atom is 0.170 e. The van der Waals surface area contributed by atoms with E-state index in [-0.39, 0.29) is 26.0 Å². The number of hydrogen-bond donors (Lipinski definition) is 0. The average molecular weight is 393 g/mol. The molecule has 89 valence electrons. The molecule has 0 saturated heterocycles. The van der Waals surface area contributed by atoms with Gasteiger partial charge in [0.2, 0.25) is 0 Å². The van der Waals surface area contributed by atoms with Gasteiger partial charge in [-0.25, -0.2) is 0 Å². The van der Waals surface area contributed by atoms with E-state index in [1.54, 1.807) is 12.1 Å². The molecule has 3 nitrogen and oxygen atoms in total. The van der Waals surface area contributed by atoms with Gasteiger partial charge in [-0.2, -0.15) is 0 Å². The van der Waals surface area contributed by atoms with Crippen molar-refractivity contribution >= 4 is 6.47 Å². The second-order valence-electron chi connectivity index (χ2n) is 4.23. The molecule has 0 spiro atoms. The quantitative estimate of drug-likeness (QED) is 0.738. The first-order valence-corrected chi connectivity index (χ1v) is 4.78. The minimum Gasteiger partial charge on any atom is -0.610 e. The van der Waals surface area contributed by atoms with E-state index in [1.807, 2.05) is 32.9 Å². The van der Waals surface area contributed by atoms with E-state index >= 15 is 0 Å². The van der Waals surface area contributed by atoms with Crippen molar-refractivity contribution < 1.29 is 34.7 Å². The maximum atomic E-state index is 9.94. The fourth-order valence-corrected chi connectivity index (χ4v) is 1.00. The molecule has 0 saturated carbocycles. The molecule has 0 unspecified atom stereocenters. The van der Waals surface area contributed by atoms with E-state index < -0.39 is 0 Å². The minimum absolute atomic E-state index is 0. The summed E-state index contributed by atoms with van der Waals surface area (Å²) < 4.78 is 10.2. The summed E-state index contributed by atoms with van der Waals surface area (Å²) in [7, 11) is 0. The SMILES string of the molecule is CC(C)(C)OCc1ccc(O[C-]=O)cc1.[Re]. The molecule has 0 heterocycles. The Morgan fingerprint density at radius 2 is 1.75 bits per heavy atom. The first-order valence-electron chi connectivity index (χ1n) is 4.78. The summed E-state index contributed by atoms with van der Waals surface area (Å²) in [6, 6.07) is 7.15. The van der Waals surface area contributed by atoms with Gasteiger partial charge in [-0.1, -0.05) is 12.1 Å². The Hall–Kier alpha value is -0.688. The molecule has 0 bridgehead atoms. The van der Waals surface area contributed by atoms with Crippen molar-refractivity contribution in [3.05, 3.63) is 29.8 Å². The van der Waals surface area contributed by atoms with Crippen LogP contribution in [0.4, 0.5) is 0 Å². The smallest absolute Gasteiger partial charge is 0.170 e. The number of benzene rings is 1. The summed E-state index contributed by atoms with van der Waals surface area (Å²) in [5, 5.41) is 0. The molecule has 0 aliphatic heterocycles. The zero-order valence-corrected chi connectivity index (χ0v) is 12.3. The molecular formula is C12H15O3Re-. The molecule has 0 atom stereocenters. The van der Waals surface area contributed by atoms with Crippen LogP contribution < -0.4 is 4.74 Å². The predicted octanol–water partition coefficient (Wildman–Crippen LogP) is 2.45. The number of ether oxygens (including phenoxy) is 2. The Kier molecular flexibility index (Phi) is 6.51. The first-order chi connectivity index (χ1) is 7.01. The Morgan fingerprint density at radius 1 is 1.19 bits per heavy atom. The molecule has 16 heavy (non-hydrogen) atoms. The molecule has 1 aromatic rings. The standard InChI is InChI=1S/C12H15O3.Re/c1-12(2,3)15-8-10-4-6-11(7-5-10)14-9-13;/h4-7H,8H2,1-3H3;/q-1;. The van der Waals surface area contributed by atoms with Gasteiger partial charge >= 0.3 is 0 Å². The molecule has 0 aliphatic rings. The second kappa shape index (κ2) is 6.80. The zero-order valence-electron chi connectivity index (χ0n) is 9.62. The van der Waals surface area contributed by atoms with Gasteiger partial charge in [0.1, 0.15) is 0 Å². The van der Waals surface area contributed by atoms with Crippen LogP contribution in [-0.2, 0) is 36.6 Å². The van der Waals surface area contributed by atoms with E-state index in [4.69, 9.17) is 4.74 Å². The molecule has 4 heteroatoms. The largest absolute Gasteiger partial charge is 0.610 e. The third-order valence-electron chi connectivity index (χ3n) is 1.75. The summed E-state index contributed by atoms with van der Waals surface area (Å²) in [6.07, 6.45) is 0. The van der Waals surface area contributed by atoms with Crippen LogP contribution >= 0.6 is 0 Å². The van der Waals surface area contributed by atoms with Crippen molar-refractivity contribution in [1.82, 2.24) is 0 Å². The van der Waals surface area contributed by atoms with Gasteiger partial charge in [0, 0.05) is 20.4 Å². The van der Waals surface area contributed by atoms with Crippen LogP contribution in [0, 0.1) is 0 Å². The van der Waals surface area contributed by atoms with Gasteiger partial charge in [-0.15, -0.1) is 12.1 Å². The van der Waals surface area contributed by atoms with Gasteiger partial charge in [0.15, 0.2) is 6.47 Å². The third-order valence-corrected chi connectivity index (χ3v) is 1.75. The summed E-state index contributed by atoms with van der Waals surface area (Å²) in [5.41, 5.74) is 0.898. The van der Waals surface area contributed by atoms with Crippen molar-refractivity contribution in [2.45, 2.75) is 33.0 Å². The molecule has 0 amide bonds. The Bertz CT molecular complexity index is 314. The van der Waals surface area contributed by atoms with Crippen LogP contribution in [0.1, 0.15) is 26.3 Å². The van der Waals surface area contributed by atoms with Gasteiger partial charge < -0.3 is 14.3 Å². The molecule has 1 aromatic carbocycles. The average Bonchev–Trinajstić information content (AvgIpc) is 2.16. The Labute approximate surface area is 110 Å². The van der Waals surface area contributed by atoms with E-state index in [2.05, 4.69) is 4.74 Å². The maximum absolute atomic E-state index is 9.94.